The van der Waals surface area contributed by atoms with Gasteiger partial charge in [0, 0.05) is 19.1 Å². The Bertz CT molecular complexity index is 829. The number of rotatable bonds is 3. The maximum Gasteiger partial charge on any atom is 0.434 e. The van der Waals surface area contributed by atoms with Gasteiger partial charge in [-0.25, -0.2) is 9.07 Å². The normalized spacial score (nSPS) is 16.6. The Balaban J connectivity index is 0.00000280. The lowest BCUT2D eigenvalue weighted by Gasteiger charge is -2.33. The molecule has 2 N–H and O–H groups in total. The molecule has 1 fully saturated rings. The first kappa shape index (κ1) is 22.2. The minimum absolute atomic E-state index is 0. The average molecular weight is 421 g/mol. The Hall–Kier alpha value is -2.13. The van der Waals surface area contributed by atoms with E-state index in [1.807, 2.05) is 6.92 Å². The van der Waals surface area contributed by atoms with E-state index < -0.39 is 29.2 Å². The summed E-state index contributed by atoms with van der Waals surface area (Å²) in [6.45, 7) is 2.53. The van der Waals surface area contributed by atoms with Crippen LogP contribution in [0.5, 0.6) is 0 Å². The smallest absolute Gasteiger partial charge is 0.339 e. The van der Waals surface area contributed by atoms with Crippen molar-refractivity contribution in [1.82, 2.24) is 14.7 Å². The molecule has 1 amide bonds. The molecule has 3 rings (SSSR count). The number of carbonyl (C=O) groups is 1. The highest BCUT2D eigenvalue weighted by Gasteiger charge is 2.42. The minimum atomic E-state index is -4.87. The summed E-state index contributed by atoms with van der Waals surface area (Å²) in [5.74, 6) is -1.38. The number of likely N-dealkylation sites (tertiary alicyclic amines) is 1. The Morgan fingerprint density at radius 1 is 1.25 bits per heavy atom. The summed E-state index contributed by atoms with van der Waals surface area (Å²) in [5.41, 5.74) is 3.65. The van der Waals surface area contributed by atoms with Crippen LogP contribution < -0.4 is 5.73 Å². The highest BCUT2D eigenvalue weighted by atomic mass is 35.5. The van der Waals surface area contributed by atoms with E-state index >= 15 is 0 Å². The van der Waals surface area contributed by atoms with Crippen molar-refractivity contribution >= 4 is 18.3 Å². The first-order chi connectivity index (χ1) is 12.7. The van der Waals surface area contributed by atoms with Crippen molar-refractivity contribution in [2.75, 3.05) is 13.1 Å². The molecule has 1 aliphatic rings. The lowest BCUT2D eigenvalue weighted by Crippen LogP contribution is -2.43. The molecule has 1 unspecified atom stereocenters. The number of amides is 1. The Kier molecular flexibility index (Phi) is 6.71. The predicted molar refractivity (Wildman–Crippen MR) is 98.0 cm³/mol. The number of benzene rings is 1. The van der Waals surface area contributed by atoms with Gasteiger partial charge < -0.3 is 10.6 Å². The molecule has 1 saturated heterocycles. The fourth-order valence-corrected chi connectivity index (χ4v) is 3.38. The molecular formula is C18H21ClF4N4O. The van der Waals surface area contributed by atoms with Crippen LogP contribution in [0.25, 0.3) is 5.69 Å². The van der Waals surface area contributed by atoms with Gasteiger partial charge in [-0.1, -0.05) is 12.1 Å². The Morgan fingerprint density at radius 3 is 2.39 bits per heavy atom. The predicted octanol–water partition coefficient (Wildman–Crippen LogP) is 3.65. The molecule has 1 aromatic heterocycles. The number of alkyl halides is 3. The number of para-hydroxylation sites is 1. The minimum Gasteiger partial charge on any atom is -0.339 e. The highest BCUT2D eigenvalue weighted by molar-refractivity contribution is 5.95. The van der Waals surface area contributed by atoms with E-state index in [2.05, 4.69) is 5.10 Å². The van der Waals surface area contributed by atoms with Gasteiger partial charge in [0.2, 0.25) is 0 Å². The summed E-state index contributed by atoms with van der Waals surface area (Å²) < 4.78 is 55.5. The van der Waals surface area contributed by atoms with Gasteiger partial charge in [-0.2, -0.15) is 18.3 Å². The van der Waals surface area contributed by atoms with Crippen molar-refractivity contribution in [2.45, 2.75) is 32.0 Å². The SMILES string of the molecule is CC(N)C1CCN(C(=O)c2cnn(-c3ccccc3F)c2C(F)(F)F)CC1.Cl. The van der Waals surface area contributed by atoms with E-state index in [0.29, 0.717) is 30.6 Å². The number of piperidine rings is 1. The monoisotopic (exact) mass is 420 g/mol. The van der Waals surface area contributed by atoms with Crippen LogP contribution in [-0.4, -0.2) is 39.7 Å². The van der Waals surface area contributed by atoms with Gasteiger partial charge in [0.15, 0.2) is 5.69 Å². The zero-order valence-electron chi connectivity index (χ0n) is 15.1. The van der Waals surface area contributed by atoms with Gasteiger partial charge in [0.25, 0.3) is 5.91 Å². The van der Waals surface area contributed by atoms with E-state index in [-0.39, 0.29) is 30.1 Å². The second kappa shape index (κ2) is 8.48. The molecule has 0 bridgehead atoms. The number of halogens is 5. The van der Waals surface area contributed by atoms with Gasteiger partial charge in [-0.05, 0) is 37.8 Å². The molecule has 5 nitrogen and oxygen atoms in total. The lowest BCUT2D eigenvalue weighted by atomic mass is 9.90. The summed E-state index contributed by atoms with van der Waals surface area (Å²) in [5, 5.41) is 3.66. The number of hydrogen-bond acceptors (Lipinski definition) is 3. The van der Waals surface area contributed by atoms with Gasteiger partial charge in [-0.15, -0.1) is 12.4 Å². The molecule has 2 heterocycles. The topological polar surface area (TPSA) is 64.2 Å². The van der Waals surface area contributed by atoms with E-state index in [9.17, 15) is 22.4 Å². The first-order valence-corrected chi connectivity index (χ1v) is 8.65. The molecule has 0 saturated carbocycles. The van der Waals surface area contributed by atoms with Crippen LogP contribution in [0, 0.1) is 11.7 Å². The molecule has 28 heavy (non-hydrogen) atoms. The van der Waals surface area contributed by atoms with Crippen LogP contribution in [0.15, 0.2) is 30.5 Å². The van der Waals surface area contributed by atoms with Crippen LogP contribution in [0.3, 0.4) is 0 Å². The molecule has 2 aromatic rings. The van der Waals surface area contributed by atoms with Crippen molar-refractivity contribution in [3.05, 3.63) is 47.5 Å². The summed E-state index contributed by atoms with van der Waals surface area (Å²) >= 11 is 0. The fraction of sp³-hybridized carbons (Fsp3) is 0.444. The number of hydrogen-bond donors (Lipinski definition) is 1. The molecule has 1 aromatic carbocycles. The Labute approximate surface area is 165 Å². The first-order valence-electron chi connectivity index (χ1n) is 8.65. The van der Waals surface area contributed by atoms with Crippen LogP contribution in [0.4, 0.5) is 17.6 Å². The van der Waals surface area contributed by atoms with Gasteiger partial charge in [-0.3, -0.25) is 4.79 Å². The van der Waals surface area contributed by atoms with Crippen molar-refractivity contribution < 1.29 is 22.4 Å². The molecule has 0 aliphatic carbocycles. The summed E-state index contributed by atoms with van der Waals surface area (Å²) in [6, 6.07) is 4.96. The number of carbonyl (C=O) groups excluding carboxylic acids is 1. The summed E-state index contributed by atoms with van der Waals surface area (Å²) in [7, 11) is 0. The highest BCUT2D eigenvalue weighted by Crippen LogP contribution is 2.35. The average Bonchev–Trinajstić information content (AvgIpc) is 3.07. The number of nitrogens with zero attached hydrogens (tertiary/aromatic N) is 3. The van der Waals surface area contributed by atoms with Gasteiger partial charge in [0.05, 0.1) is 11.8 Å². The lowest BCUT2D eigenvalue weighted by molar-refractivity contribution is -0.143. The third-order valence-corrected chi connectivity index (χ3v) is 4.92. The fourth-order valence-electron chi connectivity index (χ4n) is 3.38. The number of aromatic nitrogens is 2. The maximum absolute atomic E-state index is 14.0. The molecular weight excluding hydrogens is 400 g/mol. The standard InChI is InChI=1S/C18H20F4N4O.ClH/c1-11(23)12-6-8-25(9-7-12)17(27)13-10-24-26(16(13)18(20,21)22)15-5-3-2-4-14(15)19;/h2-5,10-12H,6-9,23H2,1H3;1H. The molecule has 10 heteroatoms. The summed E-state index contributed by atoms with van der Waals surface area (Å²) in [4.78, 5) is 14.1. The molecule has 1 aliphatic heterocycles. The van der Waals surface area contributed by atoms with Crippen molar-refractivity contribution in [1.29, 1.82) is 0 Å². The second-order valence-electron chi connectivity index (χ2n) is 6.76. The van der Waals surface area contributed by atoms with E-state index in [1.54, 1.807) is 0 Å². The van der Waals surface area contributed by atoms with Gasteiger partial charge in [0.1, 0.15) is 11.5 Å². The molecule has 1 atom stereocenters. The van der Waals surface area contributed by atoms with Crippen molar-refractivity contribution in [3.63, 3.8) is 0 Å². The van der Waals surface area contributed by atoms with Crippen LogP contribution >= 0.6 is 12.4 Å². The molecule has 0 radical (unpaired) electrons. The zero-order valence-corrected chi connectivity index (χ0v) is 15.9. The molecule has 154 valence electrons. The zero-order chi connectivity index (χ0) is 19.8. The largest absolute Gasteiger partial charge is 0.434 e. The van der Waals surface area contributed by atoms with Crippen LogP contribution in [-0.2, 0) is 6.18 Å². The van der Waals surface area contributed by atoms with Gasteiger partial charge >= 0.3 is 6.18 Å². The van der Waals surface area contributed by atoms with Crippen LogP contribution in [0.2, 0.25) is 0 Å². The van der Waals surface area contributed by atoms with E-state index in [0.717, 1.165) is 12.3 Å². The maximum atomic E-state index is 14.0. The van der Waals surface area contributed by atoms with Crippen molar-refractivity contribution in [2.24, 2.45) is 11.7 Å². The van der Waals surface area contributed by atoms with Crippen LogP contribution in [0.1, 0.15) is 35.8 Å². The summed E-state index contributed by atoms with van der Waals surface area (Å²) in [6.07, 6.45) is -2.75. The quantitative estimate of drug-likeness (QED) is 0.771. The Morgan fingerprint density at radius 2 is 1.86 bits per heavy atom. The van der Waals surface area contributed by atoms with Crippen molar-refractivity contribution in [3.8, 4) is 5.69 Å². The van der Waals surface area contributed by atoms with E-state index in [1.165, 1.54) is 23.1 Å². The van der Waals surface area contributed by atoms with E-state index in [4.69, 9.17) is 5.73 Å². The second-order valence-corrected chi connectivity index (χ2v) is 6.76. The molecule has 0 spiro atoms. The third-order valence-electron chi connectivity index (χ3n) is 4.92. The number of nitrogens with two attached hydrogens (primary N) is 1. The third kappa shape index (κ3) is 4.30.